The number of ether oxygens (including phenoxy) is 1. The summed E-state index contributed by atoms with van der Waals surface area (Å²) in [6.45, 7) is -0.0862. The molecule has 7 heteroatoms. The maximum Gasteiger partial charge on any atom is 0.244 e. The zero-order valence-corrected chi connectivity index (χ0v) is 12.4. The van der Waals surface area contributed by atoms with Crippen LogP contribution in [0.3, 0.4) is 0 Å². The summed E-state index contributed by atoms with van der Waals surface area (Å²) in [5.41, 5.74) is 0.692. The van der Waals surface area contributed by atoms with Crippen molar-refractivity contribution in [1.29, 1.82) is 0 Å². The second-order valence-electron chi connectivity index (χ2n) is 4.08. The Bertz CT molecular complexity index is 653. The zero-order chi connectivity index (χ0) is 14.6. The molecule has 5 nitrogen and oxygen atoms in total. The molecular formula is C13H15NO4S2. The largest absolute Gasteiger partial charge is 0.495 e. The third-order valence-electron chi connectivity index (χ3n) is 2.75. The van der Waals surface area contributed by atoms with Gasteiger partial charge in [-0.15, -0.1) is 0 Å². The van der Waals surface area contributed by atoms with Gasteiger partial charge < -0.3 is 9.84 Å². The first-order valence-electron chi connectivity index (χ1n) is 5.87. The molecule has 1 aromatic heterocycles. The maximum absolute atomic E-state index is 12.2. The van der Waals surface area contributed by atoms with Crippen molar-refractivity contribution in [2.75, 3.05) is 13.7 Å². The Hall–Kier alpha value is -1.41. The van der Waals surface area contributed by atoms with Crippen molar-refractivity contribution in [1.82, 2.24) is 4.72 Å². The van der Waals surface area contributed by atoms with Crippen LogP contribution in [0.15, 0.2) is 46.0 Å². The molecule has 0 radical (unpaired) electrons. The predicted molar refractivity (Wildman–Crippen MR) is 77.5 cm³/mol. The topological polar surface area (TPSA) is 75.6 Å². The van der Waals surface area contributed by atoms with Crippen LogP contribution in [0.4, 0.5) is 0 Å². The Morgan fingerprint density at radius 1 is 1.35 bits per heavy atom. The van der Waals surface area contributed by atoms with Gasteiger partial charge in [-0.2, -0.15) is 11.3 Å². The van der Waals surface area contributed by atoms with Crippen molar-refractivity contribution >= 4 is 21.4 Å². The van der Waals surface area contributed by atoms with E-state index in [0.717, 1.165) is 0 Å². The smallest absolute Gasteiger partial charge is 0.244 e. The molecular weight excluding hydrogens is 298 g/mol. The van der Waals surface area contributed by atoms with Crippen LogP contribution in [-0.4, -0.2) is 27.2 Å². The van der Waals surface area contributed by atoms with Gasteiger partial charge in [0.25, 0.3) is 0 Å². The van der Waals surface area contributed by atoms with Crippen molar-refractivity contribution in [3.63, 3.8) is 0 Å². The zero-order valence-electron chi connectivity index (χ0n) is 10.8. The lowest BCUT2D eigenvalue weighted by Gasteiger charge is -2.13. The molecule has 0 spiro atoms. The first-order valence-corrected chi connectivity index (χ1v) is 8.30. The quantitative estimate of drug-likeness (QED) is 0.852. The van der Waals surface area contributed by atoms with Gasteiger partial charge in [0.1, 0.15) is 10.6 Å². The minimum atomic E-state index is -3.72. The second-order valence-corrected chi connectivity index (χ2v) is 6.59. The number of hydrogen-bond donors (Lipinski definition) is 2. The molecule has 0 amide bonds. The molecule has 0 bridgehead atoms. The average molecular weight is 313 g/mol. The van der Waals surface area contributed by atoms with E-state index in [1.165, 1.54) is 24.5 Å². The van der Waals surface area contributed by atoms with E-state index >= 15 is 0 Å². The summed E-state index contributed by atoms with van der Waals surface area (Å²) in [4.78, 5) is 0.0556. The normalized spacial score (nSPS) is 13.1. The number of rotatable bonds is 6. The molecule has 0 saturated heterocycles. The molecule has 1 aromatic carbocycles. The first kappa shape index (κ1) is 15.0. The van der Waals surface area contributed by atoms with Gasteiger partial charge in [0.2, 0.25) is 10.0 Å². The molecule has 0 aliphatic rings. The molecule has 0 fully saturated rings. The van der Waals surface area contributed by atoms with Crippen LogP contribution >= 0.6 is 11.3 Å². The van der Waals surface area contributed by atoms with Crippen LogP contribution in [0.1, 0.15) is 11.7 Å². The average Bonchev–Trinajstić information content (AvgIpc) is 2.99. The fourth-order valence-electron chi connectivity index (χ4n) is 1.69. The predicted octanol–water partition coefficient (Wildman–Crippen LogP) is 1.77. The lowest BCUT2D eigenvalue weighted by atomic mass is 10.2. The number of hydrogen-bond acceptors (Lipinski definition) is 5. The number of para-hydroxylation sites is 1. The molecule has 20 heavy (non-hydrogen) atoms. The Morgan fingerprint density at radius 3 is 2.75 bits per heavy atom. The van der Waals surface area contributed by atoms with E-state index in [0.29, 0.717) is 5.56 Å². The van der Waals surface area contributed by atoms with Crippen LogP contribution in [0, 0.1) is 0 Å². The lowest BCUT2D eigenvalue weighted by Crippen LogP contribution is -2.28. The third-order valence-corrected chi connectivity index (χ3v) is 4.92. The highest BCUT2D eigenvalue weighted by molar-refractivity contribution is 7.89. The fraction of sp³-hybridized carbons (Fsp3) is 0.231. The van der Waals surface area contributed by atoms with Crippen molar-refractivity contribution in [2.24, 2.45) is 0 Å². The number of aliphatic hydroxyl groups excluding tert-OH is 1. The van der Waals surface area contributed by atoms with Crippen molar-refractivity contribution in [3.05, 3.63) is 46.7 Å². The third kappa shape index (κ3) is 3.37. The Kier molecular flexibility index (Phi) is 4.77. The van der Waals surface area contributed by atoms with Gasteiger partial charge in [-0.05, 0) is 34.5 Å². The molecule has 2 aromatic rings. The summed E-state index contributed by atoms with van der Waals surface area (Å²) in [5, 5.41) is 13.5. The molecule has 0 aliphatic heterocycles. The summed E-state index contributed by atoms with van der Waals surface area (Å²) in [6, 6.07) is 8.10. The number of aliphatic hydroxyl groups is 1. The Morgan fingerprint density at radius 2 is 2.10 bits per heavy atom. The van der Waals surface area contributed by atoms with Crippen LogP contribution in [0.2, 0.25) is 0 Å². The van der Waals surface area contributed by atoms with Gasteiger partial charge in [-0.25, -0.2) is 13.1 Å². The molecule has 2 N–H and O–H groups in total. The van der Waals surface area contributed by atoms with Crippen molar-refractivity contribution in [3.8, 4) is 5.75 Å². The van der Waals surface area contributed by atoms with Crippen LogP contribution in [-0.2, 0) is 10.0 Å². The summed E-state index contributed by atoms with van der Waals surface area (Å²) in [5.74, 6) is 0.269. The van der Waals surface area contributed by atoms with Gasteiger partial charge in [0, 0.05) is 6.54 Å². The highest BCUT2D eigenvalue weighted by Crippen LogP contribution is 2.23. The van der Waals surface area contributed by atoms with Gasteiger partial charge in [0.15, 0.2) is 0 Å². The minimum absolute atomic E-state index is 0.0556. The number of thiophene rings is 1. The van der Waals surface area contributed by atoms with Crippen molar-refractivity contribution in [2.45, 2.75) is 11.0 Å². The molecule has 1 atom stereocenters. The number of benzene rings is 1. The van der Waals surface area contributed by atoms with E-state index in [1.54, 1.807) is 29.6 Å². The van der Waals surface area contributed by atoms with Crippen LogP contribution in [0.25, 0.3) is 0 Å². The minimum Gasteiger partial charge on any atom is -0.495 e. The van der Waals surface area contributed by atoms with E-state index in [9.17, 15) is 13.5 Å². The summed E-state index contributed by atoms with van der Waals surface area (Å²) < 4.78 is 31.8. The maximum atomic E-state index is 12.2. The SMILES string of the molecule is COc1ccccc1S(=O)(=O)NCC(O)c1ccsc1. The summed E-state index contributed by atoms with van der Waals surface area (Å²) >= 11 is 1.45. The van der Waals surface area contributed by atoms with E-state index in [4.69, 9.17) is 4.74 Å². The molecule has 2 rings (SSSR count). The molecule has 0 saturated carbocycles. The fourth-order valence-corrected chi connectivity index (χ4v) is 3.60. The number of nitrogens with one attached hydrogen (secondary N) is 1. The molecule has 1 unspecified atom stereocenters. The lowest BCUT2D eigenvalue weighted by molar-refractivity contribution is 0.182. The first-order chi connectivity index (χ1) is 9.54. The second kappa shape index (κ2) is 6.36. The van der Waals surface area contributed by atoms with E-state index in [-0.39, 0.29) is 17.2 Å². The van der Waals surface area contributed by atoms with Gasteiger partial charge >= 0.3 is 0 Å². The van der Waals surface area contributed by atoms with Crippen molar-refractivity contribution < 1.29 is 18.3 Å². The highest BCUT2D eigenvalue weighted by Gasteiger charge is 2.20. The molecule has 108 valence electrons. The summed E-state index contributed by atoms with van der Waals surface area (Å²) in [6.07, 6.45) is -0.870. The molecule has 0 aliphatic carbocycles. The summed E-state index contributed by atoms with van der Waals surface area (Å²) in [7, 11) is -2.31. The van der Waals surface area contributed by atoms with Gasteiger partial charge in [-0.3, -0.25) is 0 Å². The van der Waals surface area contributed by atoms with E-state index in [2.05, 4.69) is 4.72 Å². The standard InChI is InChI=1S/C13H15NO4S2/c1-18-12-4-2-3-5-13(12)20(16,17)14-8-11(15)10-6-7-19-9-10/h2-7,9,11,14-15H,8H2,1H3. The number of methoxy groups -OCH3 is 1. The number of sulfonamides is 1. The highest BCUT2D eigenvalue weighted by atomic mass is 32.2. The van der Waals surface area contributed by atoms with E-state index in [1.807, 2.05) is 5.38 Å². The van der Waals surface area contributed by atoms with Crippen LogP contribution in [0.5, 0.6) is 5.75 Å². The Labute approximate surface area is 121 Å². The van der Waals surface area contributed by atoms with Gasteiger partial charge in [0.05, 0.1) is 13.2 Å². The van der Waals surface area contributed by atoms with Crippen LogP contribution < -0.4 is 9.46 Å². The molecule has 1 heterocycles. The monoisotopic (exact) mass is 313 g/mol. The van der Waals surface area contributed by atoms with E-state index < -0.39 is 16.1 Å². The van der Waals surface area contributed by atoms with Gasteiger partial charge in [-0.1, -0.05) is 12.1 Å². The Balaban J connectivity index is 2.12.